The van der Waals surface area contributed by atoms with Crippen LogP contribution in [0.25, 0.3) is 50.7 Å². The number of rotatable bonds is 7. The minimum absolute atomic E-state index is 0.279. The molecule has 0 amide bonds. The maximum Gasteiger partial charge on any atom is 0.159 e. The number of hydrogen-bond acceptors (Lipinski definition) is 4. The molecule has 6 nitrogen and oxygen atoms in total. The highest BCUT2D eigenvalue weighted by Gasteiger charge is 2.15. The number of imidazole rings is 1. The van der Waals surface area contributed by atoms with Gasteiger partial charge in [0.2, 0.25) is 0 Å². The van der Waals surface area contributed by atoms with Gasteiger partial charge in [-0.1, -0.05) is 36.9 Å². The van der Waals surface area contributed by atoms with Crippen molar-refractivity contribution in [1.29, 1.82) is 0 Å². The predicted molar refractivity (Wildman–Crippen MR) is 142 cm³/mol. The summed E-state index contributed by atoms with van der Waals surface area (Å²) in [6, 6.07) is 18.7. The number of aromatic nitrogens is 4. The molecular formula is C28H25FN6. The van der Waals surface area contributed by atoms with Crippen LogP contribution in [0, 0.1) is 5.82 Å². The van der Waals surface area contributed by atoms with Crippen molar-refractivity contribution in [2.75, 3.05) is 0 Å². The van der Waals surface area contributed by atoms with E-state index in [1.165, 1.54) is 12.1 Å². The van der Waals surface area contributed by atoms with Gasteiger partial charge >= 0.3 is 0 Å². The van der Waals surface area contributed by atoms with Gasteiger partial charge in [-0.2, -0.15) is 5.10 Å². The van der Waals surface area contributed by atoms with Crippen LogP contribution >= 0.6 is 0 Å². The molecule has 2 aromatic heterocycles. The quantitative estimate of drug-likeness (QED) is 0.242. The van der Waals surface area contributed by atoms with Crippen molar-refractivity contribution in [3.63, 3.8) is 0 Å². The third-order valence-corrected chi connectivity index (χ3v) is 5.52. The number of benzene rings is 3. The summed E-state index contributed by atoms with van der Waals surface area (Å²) in [4.78, 5) is 12.5. The molecule has 0 aliphatic heterocycles. The van der Waals surface area contributed by atoms with Crippen LogP contribution in [0.3, 0.4) is 0 Å². The van der Waals surface area contributed by atoms with E-state index in [2.05, 4.69) is 45.9 Å². The van der Waals surface area contributed by atoms with Gasteiger partial charge in [0.1, 0.15) is 11.5 Å². The first-order chi connectivity index (χ1) is 17.0. The van der Waals surface area contributed by atoms with Crippen molar-refractivity contribution >= 4 is 34.2 Å². The first kappa shape index (κ1) is 22.3. The van der Waals surface area contributed by atoms with Crippen LogP contribution in [-0.4, -0.2) is 32.4 Å². The lowest BCUT2D eigenvalue weighted by molar-refractivity contribution is 0.628. The van der Waals surface area contributed by atoms with Gasteiger partial charge < -0.3 is 10.3 Å². The first-order valence-corrected chi connectivity index (χ1v) is 11.4. The summed E-state index contributed by atoms with van der Waals surface area (Å²) in [6.07, 6.45) is 5.36. The van der Waals surface area contributed by atoms with Crippen molar-refractivity contribution in [2.24, 2.45) is 4.99 Å². The van der Waals surface area contributed by atoms with E-state index in [1.54, 1.807) is 18.5 Å². The zero-order valence-corrected chi connectivity index (χ0v) is 19.5. The summed E-state index contributed by atoms with van der Waals surface area (Å²) in [7, 11) is 0. The number of aromatic amines is 2. The molecule has 0 bridgehead atoms. The van der Waals surface area contributed by atoms with Crippen molar-refractivity contribution < 1.29 is 4.39 Å². The highest BCUT2D eigenvalue weighted by Crippen LogP contribution is 2.32. The maximum atomic E-state index is 13.8. The summed E-state index contributed by atoms with van der Waals surface area (Å²) in [5.74, 6) is 0.365. The van der Waals surface area contributed by atoms with Crippen LogP contribution in [0.15, 0.2) is 84.1 Å². The first-order valence-electron chi connectivity index (χ1n) is 11.4. The van der Waals surface area contributed by atoms with Crippen molar-refractivity contribution in [3.8, 4) is 22.6 Å². The van der Waals surface area contributed by atoms with E-state index in [-0.39, 0.29) is 5.82 Å². The molecule has 5 rings (SSSR count). The van der Waals surface area contributed by atoms with Crippen LogP contribution < -0.4 is 5.32 Å². The van der Waals surface area contributed by atoms with E-state index in [4.69, 9.17) is 4.98 Å². The van der Waals surface area contributed by atoms with Gasteiger partial charge in [0.25, 0.3) is 0 Å². The second-order valence-electron chi connectivity index (χ2n) is 8.59. The molecule has 0 radical (unpaired) electrons. The van der Waals surface area contributed by atoms with Gasteiger partial charge in [-0.15, -0.1) is 0 Å². The molecule has 0 saturated heterocycles. The summed E-state index contributed by atoms with van der Waals surface area (Å²) in [5, 5.41) is 11.7. The number of para-hydroxylation sites is 1. The second-order valence-corrected chi connectivity index (χ2v) is 8.59. The molecule has 0 atom stereocenters. The summed E-state index contributed by atoms with van der Waals surface area (Å²) < 4.78 is 13.8. The Hall–Kier alpha value is -4.52. The van der Waals surface area contributed by atoms with E-state index in [0.717, 1.165) is 50.0 Å². The number of hydrogen-bond donors (Lipinski definition) is 3. The highest BCUT2D eigenvalue weighted by molar-refractivity contribution is 5.97. The Morgan fingerprint density at radius 2 is 1.94 bits per heavy atom. The number of allylic oxidation sites excluding steroid dienone is 1. The summed E-state index contributed by atoms with van der Waals surface area (Å²) in [5.41, 5.74) is 6.63. The van der Waals surface area contributed by atoms with Crippen LogP contribution in [0.4, 0.5) is 4.39 Å². The molecule has 0 aliphatic carbocycles. The van der Waals surface area contributed by atoms with Crippen molar-refractivity contribution in [3.05, 3.63) is 90.5 Å². The molecule has 2 heterocycles. The van der Waals surface area contributed by atoms with Gasteiger partial charge in [-0.25, -0.2) is 9.37 Å². The van der Waals surface area contributed by atoms with Crippen LogP contribution in [0.1, 0.15) is 19.4 Å². The smallest absolute Gasteiger partial charge is 0.159 e. The molecule has 0 spiro atoms. The van der Waals surface area contributed by atoms with Gasteiger partial charge in [0.15, 0.2) is 5.82 Å². The minimum Gasteiger partial charge on any atom is -0.382 e. The zero-order chi connectivity index (χ0) is 24.4. The van der Waals surface area contributed by atoms with Gasteiger partial charge in [-0.05, 0) is 61.4 Å². The molecule has 0 saturated carbocycles. The Morgan fingerprint density at radius 1 is 1.09 bits per heavy atom. The Balaban J connectivity index is 1.48. The highest BCUT2D eigenvalue weighted by atomic mass is 19.1. The lowest BCUT2D eigenvalue weighted by atomic mass is 10.0. The van der Waals surface area contributed by atoms with Crippen molar-refractivity contribution in [1.82, 2.24) is 25.5 Å². The number of halogens is 1. The molecule has 0 unspecified atom stereocenters. The molecule has 0 fully saturated rings. The van der Waals surface area contributed by atoms with E-state index in [9.17, 15) is 4.39 Å². The lowest BCUT2D eigenvalue weighted by Gasteiger charge is -2.07. The third kappa shape index (κ3) is 4.75. The second kappa shape index (κ2) is 9.38. The number of fused-ring (bicyclic) bond motifs is 2. The lowest BCUT2D eigenvalue weighted by Crippen LogP contribution is -2.21. The Labute approximate surface area is 202 Å². The third-order valence-electron chi connectivity index (χ3n) is 5.52. The molecule has 7 heteroatoms. The van der Waals surface area contributed by atoms with E-state index in [0.29, 0.717) is 11.9 Å². The summed E-state index contributed by atoms with van der Waals surface area (Å²) >= 11 is 0. The normalized spacial score (nSPS) is 12.0. The van der Waals surface area contributed by atoms with Gasteiger partial charge in [-0.3, -0.25) is 10.1 Å². The zero-order valence-electron chi connectivity index (χ0n) is 19.5. The molecule has 3 N–H and O–H groups in total. The Kier molecular flexibility index (Phi) is 5.97. The fourth-order valence-electron chi connectivity index (χ4n) is 4.02. The number of H-pyrrole nitrogens is 2. The van der Waals surface area contributed by atoms with Crippen LogP contribution in [0.5, 0.6) is 0 Å². The molecule has 174 valence electrons. The van der Waals surface area contributed by atoms with E-state index >= 15 is 0 Å². The van der Waals surface area contributed by atoms with Crippen LogP contribution in [-0.2, 0) is 0 Å². The van der Waals surface area contributed by atoms with Crippen molar-refractivity contribution in [2.45, 2.75) is 19.9 Å². The van der Waals surface area contributed by atoms with Gasteiger partial charge in [0, 0.05) is 35.1 Å². The maximum absolute atomic E-state index is 13.8. The molecule has 35 heavy (non-hydrogen) atoms. The van der Waals surface area contributed by atoms with Gasteiger partial charge in [0.05, 0.1) is 16.6 Å². The number of nitrogens with zero attached hydrogens (tertiary/aromatic N) is 3. The SMILES string of the molecule is C=C(/C=N\C=C\c1ccc2[nH]nc(-c3nc4c(-c5cccc(F)c5)cccc4[nH]3)c2c1)NC(C)C. The monoisotopic (exact) mass is 464 g/mol. The molecule has 3 aromatic carbocycles. The number of aliphatic imine (C=N–C) groups is 1. The average Bonchev–Trinajstić information content (AvgIpc) is 3.45. The van der Waals surface area contributed by atoms with Crippen LogP contribution in [0.2, 0.25) is 0 Å². The predicted octanol–water partition coefficient (Wildman–Crippen LogP) is 6.47. The fourth-order valence-corrected chi connectivity index (χ4v) is 4.02. The van der Waals surface area contributed by atoms with E-state index in [1.807, 2.05) is 48.5 Å². The largest absolute Gasteiger partial charge is 0.382 e. The molecule has 5 aromatic rings. The average molecular weight is 465 g/mol. The number of nitrogens with one attached hydrogen (secondary N) is 3. The van der Waals surface area contributed by atoms with E-state index < -0.39 is 0 Å². The summed E-state index contributed by atoms with van der Waals surface area (Å²) in [6.45, 7) is 8.04. The topological polar surface area (TPSA) is 81.8 Å². The Bertz CT molecular complexity index is 1590. The standard InChI is InChI=1S/C28H25FN6/c1-17(2)31-18(3)16-30-13-12-19-10-11-24-23(14-19)27(35-34-24)28-32-25-9-5-8-22(26(25)33-28)20-6-4-7-21(29)15-20/h4-17,31H,3H2,1-2H3,(H,32,33)(H,34,35)/b13-12+,30-16-. The fraction of sp³-hybridized carbons (Fsp3) is 0.107. The minimum atomic E-state index is -0.279. The molecule has 0 aliphatic rings. The molecular weight excluding hydrogens is 439 g/mol. The Morgan fingerprint density at radius 3 is 2.77 bits per heavy atom.